The third-order valence-electron chi connectivity index (χ3n) is 5.91. The molecule has 0 radical (unpaired) electrons. The zero-order valence-electron chi connectivity index (χ0n) is 15.8. The second-order valence-electron chi connectivity index (χ2n) is 7.54. The van der Waals surface area contributed by atoms with E-state index in [0.29, 0.717) is 31.6 Å². The first-order chi connectivity index (χ1) is 13.8. The number of fused-ring (bicyclic) bond motifs is 2. The number of halogens is 3. The average Bonchev–Trinajstić information content (AvgIpc) is 2.95. The van der Waals surface area contributed by atoms with Crippen molar-refractivity contribution in [3.8, 4) is 0 Å². The van der Waals surface area contributed by atoms with E-state index in [1.165, 1.54) is 23.1 Å². The van der Waals surface area contributed by atoms with Crippen LogP contribution in [0, 0.1) is 0 Å². The SMILES string of the molecule is O=C(CCc1ccccc1C(F)(F)F)N1C(=O)C2(CCNCC2)c2ccccc21. The van der Waals surface area contributed by atoms with Gasteiger partial charge in [0.15, 0.2) is 0 Å². The molecule has 0 atom stereocenters. The van der Waals surface area contributed by atoms with Crippen molar-refractivity contribution < 1.29 is 22.8 Å². The van der Waals surface area contributed by atoms with Gasteiger partial charge >= 0.3 is 6.18 Å². The minimum atomic E-state index is -4.48. The van der Waals surface area contributed by atoms with Crippen molar-refractivity contribution in [2.24, 2.45) is 0 Å². The summed E-state index contributed by atoms with van der Waals surface area (Å²) in [6.07, 6.45) is -3.52. The van der Waals surface area contributed by atoms with Crippen molar-refractivity contribution in [2.45, 2.75) is 37.3 Å². The molecule has 0 aliphatic carbocycles. The Hall–Kier alpha value is -2.67. The van der Waals surface area contributed by atoms with Crippen molar-refractivity contribution in [1.82, 2.24) is 5.32 Å². The third-order valence-corrected chi connectivity index (χ3v) is 5.91. The maximum Gasteiger partial charge on any atom is 0.416 e. The van der Waals surface area contributed by atoms with Crippen LogP contribution in [0.3, 0.4) is 0 Å². The molecule has 0 saturated carbocycles. The Morgan fingerprint density at radius 1 is 1.03 bits per heavy atom. The van der Waals surface area contributed by atoms with Crippen LogP contribution in [-0.2, 0) is 27.6 Å². The lowest BCUT2D eigenvalue weighted by Crippen LogP contribution is -2.48. The molecule has 2 aliphatic rings. The summed E-state index contributed by atoms with van der Waals surface area (Å²) < 4.78 is 39.6. The Labute approximate surface area is 166 Å². The van der Waals surface area contributed by atoms with Crippen LogP contribution in [0.5, 0.6) is 0 Å². The van der Waals surface area contributed by atoms with Crippen molar-refractivity contribution in [3.05, 3.63) is 65.2 Å². The zero-order chi connectivity index (χ0) is 20.6. The molecule has 2 aromatic rings. The number of imide groups is 1. The van der Waals surface area contributed by atoms with E-state index in [1.807, 2.05) is 12.1 Å². The normalized spacial score (nSPS) is 18.2. The van der Waals surface area contributed by atoms with E-state index in [-0.39, 0.29) is 24.3 Å². The molecule has 4 nitrogen and oxygen atoms in total. The lowest BCUT2D eigenvalue weighted by Gasteiger charge is -2.32. The van der Waals surface area contributed by atoms with Crippen LogP contribution in [0.15, 0.2) is 48.5 Å². The molecule has 2 amide bonds. The monoisotopic (exact) mass is 402 g/mol. The highest BCUT2D eigenvalue weighted by Crippen LogP contribution is 2.47. The molecule has 7 heteroatoms. The maximum atomic E-state index is 13.3. The van der Waals surface area contributed by atoms with Gasteiger partial charge in [0.05, 0.1) is 16.7 Å². The highest BCUT2D eigenvalue weighted by Gasteiger charge is 2.52. The minimum absolute atomic E-state index is 0.0601. The average molecular weight is 402 g/mol. The standard InChI is InChI=1S/C22H21F3N2O2/c23-22(24,25)16-6-2-1-5-15(16)9-10-19(28)27-18-8-4-3-7-17(18)21(20(27)29)11-13-26-14-12-21/h1-8,26H,9-14H2. The lowest BCUT2D eigenvalue weighted by molar-refractivity contribution is -0.138. The van der Waals surface area contributed by atoms with Crippen LogP contribution in [0.4, 0.5) is 18.9 Å². The van der Waals surface area contributed by atoms with Crippen LogP contribution in [0.1, 0.15) is 36.0 Å². The fourth-order valence-electron chi connectivity index (χ4n) is 4.46. The van der Waals surface area contributed by atoms with E-state index in [1.54, 1.807) is 12.1 Å². The third kappa shape index (κ3) is 3.33. The van der Waals surface area contributed by atoms with Crippen molar-refractivity contribution in [2.75, 3.05) is 18.0 Å². The predicted octanol–water partition coefficient (Wildman–Crippen LogP) is 3.83. The molecular formula is C22H21F3N2O2. The van der Waals surface area contributed by atoms with Gasteiger partial charge in [0, 0.05) is 6.42 Å². The van der Waals surface area contributed by atoms with Gasteiger partial charge < -0.3 is 5.32 Å². The lowest BCUT2D eigenvalue weighted by atomic mass is 9.74. The Morgan fingerprint density at radius 2 is 1.69 bits per heavy atom. The van der Waals surface area contributed by atoms with Gasteiger partial charge in [-0.1, -0.05) is 36.4 Å². The number of nitrogens with zero attached hydrogens (tertiary/aromatic N) is 1. The van der Waals surface area contributed by atoms with Gasteiger partial charge in [-0.05, 0) is 55.6 Å². The molecule has 1 fully saturated rings. The van der Waals surface area contributed by atoms with Crippen molar-refractivity contribution in [3.63, 3.8) is 0 Å². The first-order valence-corrected chi connectivity index (χ1v) is 9.67. The Bertz CT molecular complexity index is 949. The van der Waals surface area contributed by atoms with Gasteiger partial charge in [-0.15, -0.1) is 0 Å². The molecule has 0 bridgehead atoms. The van der Waals surface area contributed by atoms with Crippen LogP contribution >= 0.6 is 0 Å². The summed E-state index contributed by atoms with van der Waals surface area (Å²) >= 11 is 0. The van der Waals surface area contributed by atoms with Crippen LogP contribution in [-0.4, -0.2) is 24.9 Å². The Kier molecular flexibility index (Phi) is 4.94. The largest absolute Gasteiger partial charge is 0.416 e. The number of aryl methyl sites for hydroxylation is 1. The summed E-state index contributed by atoms with van der Waals surface area (Å²) in [4.78, 5) is 27.5. The quantitative estimate of drug-likeness (QED) is 0.849. The summed E-state index contributed by atoms with van der Waals surface area (Å²) in [5, 5.41) is 3.24. The van der Waals surface area contributed by atoms with Crippen LogP contribution in [0.25, 0.3) is 0 Å². The fourth-order valence-corrected chi connectivity index (χ4v) is 4.46. The molecule has 2 aliphatic heterocycles. The molecule has 2 aromatic carbocycles. The van der Waals surface area contributed by atoms with Gasteiger partial charge in [-0.25, -0.2) is 4.90 Å². The molecule has 1 N–H and O–H groups in total. The molecule has 29 heavy (non-hydrogen) atoms. The number of benzene rings is 2. The molecule has 0 unspecified atom stereocenters. The number of hydrogen-bond donors (Lipinski definition) is 1. The number of nitrogens with one attached hydrogen (secondary N) is 1. The molecule has 152 valence electrons. The van der Waals surface area contributed by atoms with Crippen molar-refractivity contribution >= 4 is 17.5 Å². The summed E-state index contributed by atoms with van der Waals surface area (Å²) in [6, 6.07) is 12.5. The van der Waals surface area contributed by atoms with E-state index >= 15 is 0 Å². The number of para-hydroxylation sites is 1. The second-order valence-corrected chi connectivity index (χ2v) is 7.54. The Balaban J connectivity index is 1.60. The summed E-state index contributed by atoms with van der Waals surface area (Å²) in [5.41, 5.74) is 0.00571. The summed E-state index contributed by atoms with van der Waals surface area (Å²) in [6.45, 7) is 1.36. The van der Waals surface area contributed by atoms with Gasteiger partial charge in [0.1, 0.15) is 0 Å². The summed E-state index contributed by atoms with van der Waals surface area (Å²) in [5.74, 6) is -0.718. The number of piperidine rings is 1. The first kappa shape index (κ1) is 19.6. The number of carbonyl (C=O) groups excluding carboxylic acids is 2. The molecular weight excluding hydrogens is 381 g/mol. The Morgan fingerprint density at radius 3 is 2.41 bits per heavy atom. The number of amides is 2. The zero-order valence-corrected chi connectivity index (χ0v) is 15.8. The topological polar surface area (TPSA) is 49.4 Å². The molecule has 4 rings (SSSR count). The summed E-state index contributed by atoms with van der Waals surface area (Å²) in [7, 11) is 0. The van der Waals surface area contributed by atoms with E-state index in [9.17, 15) is 22.8 Å². The van der Waals surface area contributed by atoms with Crippen LogP contribution in [0.2, 0.25) is 0 Å². The van der Waals surface area contributed by atoms with E-state index in [4.69, 9.17) is 0 Å². The second kappa shape index (κ2) is 7.30. The number of anilines is 1. The predicted molar refractivity (Wildman–Crippen MR) is 102 cm³/mol. The van der Waals surface area contributed by atoms with Gasteiger partial charge in [0.2, 0.25) is 11.8 Å². The molecule has 1 spiro atoms. The van der Waals surface area contributed by atoms with Gasteiger partial charge in [-0.2, -0.15) is 13.2 Å². The highest BCUT2D eigenvalue weighted by molar-refractivity contribution is 6.22. The van der Waals surface area contributed by atoms with E-state index in [2.05, 4.69) is 5.32 Å². The first-order valence-electron chi connectivity index (χ1n) is 9.67. The van der Waals surface area contributed by atoms with Crippen molar-refractivity contribution in [1.29, 1.82) is 0 Å². The molecule has 0 aromatic heterocycles. The smallest absolute Gasteiger partial charge is 0.317 e. The number of hydrogen-bond acceptors (Lipinski definition) is 3. The van der Waals surface area contributed by atoms with Crippen LogP contribution < -0.4 is 10.2 Å². The number of rotatable bonds is 3. The maximum absolute atomic E-state index is 13.3. The molecule has 1 saturated heterocycles. The van der Waals surface area contributed by atoms with Gasteiger partial charge in [0.25, 0.3) is 0 Å². The highest BCUT2D eigenvalue weighted by atomic mass is 19.4. The number of carbonyl (C=O) groups is 2. The van der Waals surface area contributed by atoms with Gasteiger partial charge in [-0.3, -0.25) is 9.59 Å². The minimum Gasteiger partial charge on any atom is -0.317 e. The fraction of sp³-hybridized carbons (Fsp3) is 0.364. The number of alkyl halides is 3. The molecule has 2 heterocycles. The van der Waals surface area contributed by atoms with E-state index in [0.717, 1.165) is 11.6 Å². The van der Waals surface area contributed by atoms with E-state index < -0.39 is 23.1 Å².